The zero-order valence-corrected chi connectivity index (χ0v) is 14.2. The molecule has 1 aliphatic heterocycles. The Balaban J connectivity index is 1.41. The first-order valence-corrected chi connectivity index (χ1v) is 8.81. The van der Waals surface area contributed by atoms with Gasteiger partial charge in [-0.25, -0.2) is 8.78 Å². The van der Waals surface area contributed by atoms with E-state index in [1.165, 1.54) is 18.9 Å². The van der Waals surface area contributed by atoms with Gasteiger partial charge in [0.15, 0.2) is 17.6 Å². The van der Waals surface area contributed by atoms with Crippen LogP contribution in [0.25, 0.3) is 0 Å². The van der Waals surface area contributed by atoms with Crippen LogP contribution >= 0.6 is 0 Å². The largest absolute Gasteiger partial charge is 0.356 e. The van der Waals surface area contributed by atoms with Gasteiger partial charge in [-0.1, -0.05) is 12.1 Å². The average molecular weight is 336 g/mol. The van der Waals surface area contributed by atoms with Gasteiger partial charge in [0.25, 0.3) is 0 Å². The summed E-state index contributed by atoms with van der Waals surface area (Å²) in [5, 5.41) is 6.64. The fourth-order valence-electron chi connectivity index (χ4n) is 3.29. The lowest BCUT2D eigenvalue weighted by Crippen LogP contribution is -2.49. The Kier molecular flexibility index (Phi) is 5.66. The van der Waals surface area contributed by atoms with Gasteiger partial charge >= 0.3 is 0 Å². The normalized spacial score (nSPS) is 20.2. The van der Waals surface area contributed by atoms with E-state index in [9.17, 15) is 8.78 Å². The predicted octanol–water partition coefficient (Wildman–Crippen LogP) is 2.30. The maximum absolute atomic E-state index is 13.6. The summed E-state index contributed by atoms with van der Waals surface area (Å²) >= 11 is 0. The van der Waals surface area contributed by atoms with Gasteiger partial charge < -0.3 is 15.5 Å². The average Bonchev–Trinajstić information content (AvgIpc) is 3.43. The van der Waals surface area contributed by atoms with Crippen LogP contribution in [-0.2, 0) is 6.42 Å². The minimum Gasteiger partial charge on any atom is -0.356 e. The van der Waals surface area contributed by atoms with Gasteiger partial charge in [-0.15, -0.1) is 0 Å². The van der Waals surface area contributed by atoms with Crippen LogP contribution in [0.4, 0.5) is 8.78 Å². The molecule has 132 valence electrons. The van der Waals surface area contributed by atoms with Crippen LogP contribution in [0.1, 0.15) is 31.2 Å². The predicted molar refractivity (Wildman–Crippen MR) is 92.2 cm³/mol. The summed E-state index contributed by atoms with van der Waals surface area (Å²) < 4.78 is 26.8. The SMILES string of the molecule is CN=C(NCCc1cccc(F)c1F)NC1CCN(C2CC2)CC1. The number of nitrogens with zero attached hydrogens (tertiary/aromatic N) is 2. The van der Waals surface area contributed by atoms with Gasteiger partial charge in [-0.2, -0.15) is 0 Å². The summed E-state index contributed by atoms with van der Waals surface area (Å²) in [6, 6.07) is 5.56. The summed E-state index contributed by atoms with van der Waals surface area (Å²) in [6.07, 6.45) is 5.38. The number of aliphatic imine (C=N–C) groups is 1. The van der Waals surface area contributed by atoms with Gasteiger partial charge in [0.1, 0.15) is 0 Å². The van der Waals surface area contributed by atoms with Crippen LogP contribution in [0.3, 0.4) is 0 Å². The highest BCUT2D eigenvalue weighted by Crippen LogP contribution is 2.29. The Morgan fingerprint density at radius 3 is 2.62 bits per heavy atom. The van der Waals surface area contributed by atoms with Crippen molar-refractivity contribution in [3.8, 4) is 0 Å². The third kappa shape index (κ3) is 4.44. The molecule has 1 saturated carbocycles. The van der Waals surface area contributed by atoms with Crippen molar-refractivity contribution < 1.29 is 8.78 Å². The first-order chi connectivity index (χ1) is 11.7. The molecular weight excluding hydrogens is 310 g/mol. The molecule has 2 aliphatic rings. The van der Waals surface area contributed by atoms with E-state index in [1.54, 1.807) is 13.1 Å². The molecule has 2 fully saturated rings. The quantitative estimate of drug-likeness (QED) is 0.640. The summed E-state index contributed by atoms with van der Waals surface area (Å²) in [7, 11) is 1.73. The minimum atomic E-state index is -0.794. The van der Waals surface area contributed by atoms with Crippen LogP contribution in [0.5, 0.6) is 0 Å². The maximum atomic E-state index is 13.6. The van der Waals surface area contributed by atoms with Crippen molar-refractivity contribution in [3.63, 3.8) is 0 Å². The summed E-state index contributed by atoms with van der Waals surface area (Å²) in [4.78, 5) is 6.82. The molecule has 1 aromatic carbocycles. The Morgan fingerprint density at radius 1 is 1.21 bits per heavy atom. The van der Waals surface area contributed by atoms with Crippen molar-refractivity contribution in [1.29, 1.82) is 0 Å². The molecule has 0 atom stereocenters. The minimum absolute atomic E-state index is 0.385. The second-order valence-electron chi connectivity index (χ2n) is 6.65. The zero-order valence-electron chi connectivity index (χ0n) is 14.2. The topological polar surface area (TPSA) is 39.7 Å². The lowest BCUT2D eigenvalue weighted by Gasteiger charge is -2.33. The Morgan fingerprint density at radius 2 is 1.96 bits per heavy atom. The molecule has 0 bridgehead atoms. The monoisotopic (exact) mass is 336 g/mol. The first-order valence-electron chi connectivity index (χ1n) is 8.81. The molecule has 0 aromatic heterocycles. The molecule has 0 unspecified atom stereocenters. The Labute approximate surface area is 142 Å². The standard InChI is InChI=1S/C18H26F2N4/c1-21-18(22-10-7-13-3-2-4-16(19)17(13)20)23-14-8-11-24(12-9-14)15-5-6-15/h2-4,14-15H,5-12H2,1H3,(H2,21,22,23). The molecule has 1 saturated heterocycles. The number of halogens is 2. The number of hydrogen-bond donors (Lipinski definition) is 2. The lowest BCUT2D eigenvalue weighted by atomic mass is 10.1. The molecule has 1 aromatic rings. The van der Waals surface area contributed by atoms with Gasteiger partial charge in [-0.3, -0.25) is 4.99 Å². The number of hydrogen-bond acceptors (Lipinski definition) is 2. The zero-order chi connectivity index (χ0) is 16.9. The molecule has 1 aliphatic carbocycles. The van der Waals surface area contributed by atoms with E-state index in [1.807, 2.05) is 0 Å². The van der Waals surface area contributed by atoms with Gasteiger partial charge in [0.2, 0.25) is 0 Å². The van der Waals surface area contributed by atoms with Crippen LogP contribution in [0.15, 0.2) is 23.2 Å². The van der Waals surface area contributed by atoms with Crippen molar-refractivity contribution >= 4 is 5.96 Å². The smallest absolute Gasteiger partial charge is 0.191 e. The van der Waals surface area contributed by atoms with Crippen molar-refractivity contribution in [2.75, 3.05) is 26.7 Å². The molecular formula is C18H26F2N4. The van der Waals surface area contributed by atoms with Crippen LogP contribution < -0.4 is 10.6 Å². The van der Waals surface area contributed by atoms with E-state index in [0.29, 0.717) is 24.6 Å². The molecule has 0 amide bonds. The van der Waals surface area contributed by atoms with Crippen LogP contribution in [0.2, 0.25) is 0 Å². The van der Waals surface area contributed by atoms with Crippen molar-refractivity contribution in [1.82, 2.24) is 15.5 Å². The van der Waals surface area contributed by atoms with E-state index >= 15 is 0 Å². The molecule has 4 nitrogen and oxygen atoms in total. The van der Waals surface area contributed by atoms with Crippen molar-refractivity contribution in [2.24, 2.45) is 4.99 Å². The number of rotatable bonds is 5. The number of nitrogens with one attached hydrogen (secondary N) is 2. The van der Waals surface area contributed by atoms with Gasteiger partial charge in [-0.05, 0) is 43.7 Å². The summed E-state index contributed by atoms with van der Waals surface area (Å²) in [6.45, 7) is 2.81. The van der Waals surface area contributed by atoms with E-state index in [4.69, 9.17) is 0 Å². The number of benzene rings is 1. The molecule has 24 heavy (non-hydrogen) atoms. The molecule has 3 rings (SSSR count). The van der Waals surface area contributed by atoms with Gasteiger partial charge in [0, 0.05) is 38.8 Å². The second kappa shape index (κ2) is 7.92. The Hall–Kier alpha value is -1.69. The number of likely N-dealkylation sites (tertiary alicyclic amines) is 1. The highest BCUT2D eigenvalue weighted by Gasteiger charge is 2.31. The van der Waals surface area contributed by atoms with E-state index in [2.05, 4.69) is 20.5 Å². The lowest BCUT2D eigenvalue weighted by molar-refractivity contribution is 0.197. The molecule has 2 N–H and O–H groups in total. The Bertz CT molecular complexity index is 578. The van der Waals surface area contributed by atoms with Crippen LogP contribution in [0, 0.1) is 11.6 Å². The third-order valence-corrected chi connectivity index (χ3v) is 4.88. The van der Waals surface area contributed by atoms with Crippen LogP contribution in [-0.4, -0.2) is 49.6 Å². The first kappa shape index (κ1) is 17.1. The molecule has 6 heteroatoms. The van der Waals surface area contributed by atoms with E-state index in [0.717, 1.165) is 44.0 Å². The fourth-order valence-corrected chi connectivity index (χ4v) is 3.29. The fraction of sp³-hybridized carbons (Fsp3) is 0.611. The number of piperidine rings is 1. The summed E-state index contributed by atoms with van der Waals surface area (Å²) in [5.41, 5.74) is 0.385. The molecule has 0 spiro atoms. The number of guanidine groups is 1. The van der Waals surface area contributed by atoms with Crippen molar-refractivity contribution in [2.45, 2.75) is 44.2 Å². The summed E-state index contributed by atoms with van der Waals surface area (Å²) in [5.74, 6) is -0.816. The molecule has 1 heterocycles. The third-order valence-electron chi connectivity index (χ3n) is 4.88. The molecule has 0 radical (unpaired) electrons. The van der Waals surface area contributed by atoms with E-state index in [-0.39, 0.29) is 0 Å². The van der Waals surface area contributed by atoms with E-state index < -0.39 is 11.6 Å². The van der Waals surface area contributed by atoms with Gasteiger partial charge in [0.05, 0.1) is 0 Å². The highest BCUT2D eigenvalue weighted by atomic mass is 19.2. The second-order valence-corrected chi connectivity index (χ2v) is 6.65. The maximum Gasteiger partial charge on any atom is 0.191 e. The van der Waals surface area contributed by atoms with Crippen molar-refractivity contribution in [3.05, 3.63) is 35.4 Å². The highest BCUT2D eigenvalue weighted by molar-refractivity contribution is 5.79.